The van der Waals surface area contributed by atoms with Crippen LogP contribution in [0.2, 0.25) is 0 Å². The molecule has 0 aromatic carbocycles. The first-order valence-corrected chi connectivity index (χ1v) is 2.12. The lowest BCUT2D eigenvalue weighted by atomic mass is 10.7. The van der Waals surface area contributed by atoms with Crippen molar-refractivity contribution in [2.45, 2.75) is 6.54 Å². The number of rotatable bonds is 2. The van der Waals surface area contributed by atoms with E-state index in [4.69, 9.17) is 10.3 Å². The van der Waals surface area contributed by atoms with E-state index in [1.165, 1.54) is 6.39 Å². The van der Waals surface area contributed by atoms with Gasteiger partial charge in [-0.15, -0.1) is 10.2 Å². The van der Waals surface area contributed by atoms with Gasteiger partial charge in [0.2, 0.25) is 12.3 Å². The summed E-state index contributed by atoms with van der Waals surface area (Å²) in [5.41, 5.74) is 2.37. The summed E-state index contributed by atoms with van der Waals surface area (Å²) in [5, 5.41) is 6.98. The Hall–Kier alpha value is -0.940. The largest absolute Gasteiger partial charge is 0.427 e. The standard InChI is InChI=1S/C3H6N4O/c4-5-1-3-7-6-2-8-3/h2,5H,1,4H2. The summed E-state index contributed by atoms with van der Waals surface area (Å²) in [6, 6.07) is 0. The molecule has 5 heteroatoms. The molecule has 8 heavy (non-hydrogen) atoms. The quantitative estimate of drug-likeness (QED) is 0.382. The van der Waals surface area contributed by atoms with E-state index in [0.717, 1.165) is 0 Å². The van der Waals surface area contributed by atoms with E-state index in [9.17, 15) is 0 Å². The van der Waals surface area contributed by atoms with Gasteiger partial charge in [0.15, 0.2) is 0 Å². The molecule has 0 bridgehead atoms. The third kappa shape index (κ3) is 1.02. The van der Waals surface area contributed by atoms with E-state index in [0.29, 0.717) is 12.4 Å². The molecule has 0 saturated heterocycles. The number of aromatic nitrogens is 2. The fourth-order valence-electron chi connectivity index (χ4n) is 0.360. The molecular weight excluding hydrogens is 108 g/mol. The number of hydrogen-bond acceptors (Lipinski definition) is 5. The second kappa shape index (κ2) is 2.39. The first kappa shape index (κ1) is 5.20. The van der Waals surface area contributed by atoms with Crippen molar-refractivity contribution < 1.29 is 4.42 Å². The zero-order valence-electron chi connectivity index (χ0n) is 4.16. The van der Waals surface area contributed by atoms with E-state index in [1.807, 2.05) is 0 Å². The normalized spacial score (nSPS) is 9.62. The highest BCUT2D eigenvalue weighted by Gasteiger charge is 1.91. The number of hydrazine groups is 1. The average Bonchev–Trinajstić information content (AvgIpc) is 2.19. The van der Waals surface area contributed by atoms with Crippen LogP contribution in [0, 0.1) is 0 Å². The van der Waals surface area contributed by atoms with Gasteiger partial charge in [0.05, 0.1) is 6.54 Å². The van der Waals surface area contributed by atoms with Crippen LogP contribution in [0.25, 0.3) is 0 Å². The highest BCUT2D eigenvalue weighted by Crippen LogP contribution is 1.86. The minimum absolute atomic E-state index is 0.417. The number of nitrogens with one attached hydrogen (secondary N) is 1. The summed E-state index contributed by atoms with van der Waals surface area (Å²) in [6.45, 7) is 0.417. The van der Waals surface area contributed by atoms with Gasteiger partial charge in [0.25, 0.3) is 0 Å². The SMILES string of the molecule is NNCc1nnco1. The number of nitrogens with two attached hydrogens (primary N) is 1. The summed E-state index contributed by atoms with van der Waals surface area (Å²) in [5.74, 6) is 5.44. The third-order valence-corrected chi connectivity index (χ3v) is 0.658. The molecule has 0 fully saturated rings. The lowest BCUT2D eigenvalue weighted by Crippen LogP contribution is -2.20. The Morgan fingerprint density at radius 3 is 3.25 bits per heavy atom. The van der Waals surface area contributed by atoms with Gasteiger partial charge in [-0.1, -0.05) is 0 Å². The van der Waals surface area contributed by atoms with Gasteiger partial charge < -0.3 is 4.42 Å². The van der Waals surface area contributed by atoms with Crippen LogP contribution >= 0.6 is 0 Å². The van der Waals surface area contributed by atoms with Gasteiger partial charge >= 0.3 is 0 Å². The van der Waals surface area contributed by atoms with Crippen LogP contribution in [0.3, 0.4) is 0 Å². The fraction of sp³-hybridized carbons (Fsp3) is 0.333. The molecule has 3 N–H and O–H groups in total. The number of nitrogens with zero attached hydrogens (tertiary/aromatic N) is 2. The van der Waals surface area contributed by atoms with Crippen LogP contribution in [0.5, 0.6) is 0 Å². The summed E-state index contributed by atoms with van der Waals surface area (Å²) in [6.07, 6.45) is 1.26. The fourth-order valence-corrected chi connectivity index (χ4v) is 0.360. The maximum absolute atomic E-state index is 4.94. The Bertz CT molecular complexity index is 137. The second-order valence-electron chi connectivity index (χ2n) is 1.21. The molecule has 5 nitrogen and oxygen atoms in total. The van der Waals surface area contributed by atoms with Gasteiger partial charge in [-0.05, 0) is 0 Å². The van der Waals surface area contributed by atoms with Gasteiger partial charge in [0.1, 0.15) is 0 Å². The minimum Gasteiger partial charge on any atom is -0.427 e. The van der Waals surface area contributed by atoms with Crippen molar-refractivity contribution in [1.29, 1.82) is 0 Å². The van der Waals surface area contributed by atoms with Gasteiger partial charge in [-0.3, -0.25) is 11.3 Å². The van der Waals surface area contributed by atoms with Crippen molar-refractivity contribution in [2.75, 3.05) is 0 Å². The molecular formula is C3H6N4O. The van der Waals surface area contributed by atoms with Crippen molar-refractivity contribution in [3.05, 3.63) is 12.3 Å². The Balaban J connectivity index is 2.50. The Morgan fingerprint density at radius 1 is 1.88 bits per heavy atom. The molecule has 0 amide bonds. The van der Waals surface area contributed by atoms with Gasteiger partial charge in [-0.25, -0.2) is 0 Å². The first-order chi connectivity index (χ1) is 3.93. The predicted octanol–water partition coefficient (Wildman–Crippen LogP) is -0.967. The van der Waals surface area contributed by atoms with Crippen LogP contribution in [-0.4, -0.2) is 10.2 Å². The molecule has 44 valence electrons. The molecule has 0 atom stereocenters. The summed E-state index contributed by atoms with van der Waals surface area (Å²) in [7, 11) is 0. The highest BCUT2D eigenvalue weighted by atomic mass is 16.4. The molecule has 0 aliphatic rings. The van der Waals surface area contributed by atoms with Crippen LogP contribution in [-0.2, 0) is 6.54 Å². The maximum atomic E-state index is 4.94. The van der Waals surface area contributed by atoms with Crippen molar-refractivity contribution in [2.24, 2.45) is 5.84 Å². The van der Waals surface area contributed by atoms with Crippen LogP contribution < -0.4 is 11.3 Å². The zero-order valence-corrected chi connectivity index (χ0v) is 4.16. The molecule has 0 unspecified atom stereocenters. The van der Waals surface area contributed by atoms with E-state index in [1.54, 1.807) is 0 Å². The Kier molecular flexibility index (Phi) is 1.55. The topological polar surface area (TPSA) is 77.0 Å². The van der Waals surface area contributed by atoms with Crippen molar-refractivity contribution in [1.82, 2.24) is 15.6 Å². The number of hydrogen-bond donors (Lipinski definition) is 2. The molecule has 1 rings (SSSR count). The predicted molar refractivity (Wildman–Crippen MR) is 25.3 cm³/mol. The van der Waals surface area contributed by atoms with Crippen molar-refractivity contribution in [3.8, 4) is 0 Å². The summed E-state index contributed by atoms with van der Waals surface area (Å²) < 4.78 is 4.71. The maximum Gasteiger partial charge on any atom is 0.231 e. The van der Waals surface area contributed by atoms with Gasteiger partial charge in [-0.2, -0.15) is 0 Å². The zero-order chi connectivity index (χ0) is 5.82. The monoisotopic (exact) mass is 114 g/mol. The van der Waals surface area contributed by atoms with Gasteiger partial charge in [0, 0.05) is 0 Å². The van der Waals surface area contributed by atoms with E-state index in [2.05, 4.69) is 15.6 Å². The molecule has 0 radical (unpaired) electrons. The van der Waals surface area contributed by atoms with Crippen LogP contribution in [0.15, 0.2) is 10.8 Å². The van der Waals surface area contributed by atoms with E-state index < -0.39 is 0 Å². The highest BCUT2D eigenvalue weighted by molar-refractivity contribution is 4.68. The molecule has 0 saturated carbocycles. The molecule has 0 aliphatic heterocycles. The molecule has 1 heterocycles. The smallest absolute Gasteiger partial charge is 0.231 e. The van der Waals surface area contributed by atoms with E-state index in [-0.39, 0.29) is 0 Å². The van der Waals surface area contributed by atoms with Crippen LogP contribution in [0.1, 0.15) is 5.89 Å². The molecule has 0 aliphatic carbocycles. The third-order valence-electron chi connectivity index (χ3n) is 0.658. The second-order valence-corrected chi connectivity index (χ2v) is 1.21. The summed E-state index contributed by atoms with van der Waals surface area (Å²) in [4.78, 5) is 0. The molecule has 1 aromatic heterocycles. The van der Waals surface area contributed by atoms with E-state index >= 15 is 0 Å². The Morgan fingerprint density at radius 2 is 2.75 bits per heavy atom. The first-order valence-electron chi connectivity index (χ1n) is 2.12. The van der Waals surface area contributed by atoms with Crippen LogP contribution in [0.4, 0.5) is 0 Å². The lowest BCUT2D eigenvalue weighted by Gasteiger charge is -1.86. The molecule has 1 aromatic rings. The Labute approximate surface area is 45.9 Å². The minimum atomic E-state index is 0.417. The van der Waals surface area contributed by atoms with Crippen molar-refractivity contribution in [3.63, 3.8) is 0 Å². The summed E-state index contributed by atoms with van der Waals surface area (Å²) >= 11 is 0. The average molecular weight is 114 g/mol. The van der Waals surface area contributed by atoms with Crippen molar-refractivity contribution >= 4 is 0 Å². The molecule has 0 spiro atoms. The lowest BCUT2D eigenvalue weighted by molar-refractivity contribution is 0.472.